The fourth-order valence-electron chi connectivity index (χ4n) is 4.92. The van der Waals surface area contributed by atoms with Crippen molar-refractivity contribution in [2.24, 2.45) is 0 Å². The minimum absolute atomic E-state index is 0.0122. The maximum Gasteiger partial charge on any atom is 0.254 e. The van der Waals surface area contributed by atoms with Gasteiger partial charge in [-0.1, -0.05) is 26.8 Å². The number of ketones is 1. The highest BCUT2D eigenvalue weighted by molar-refractivity contribution is 6.07. The molecule has 0 atom stereocenters. The SMILES string of the molecule is CCOc1cc2c(cc1C(=O)NC)C(=N)N(CC(=O)c1cc(CN3CCNCC3)cc(C(C)(C)C)c1)C2. The molecule has 0 aromatic heterocycles. The van der Waals surface area contributed by atoms with Gasteiger partial charge in [0.1, 0.15) is 11.6 Å². The van der Waals surface area contributed by atoms with Crippen LogP contribution in [0.2, 0.25) is 0 Å². The molecule has 1 fully saturated rings. The van der Waals surface area contributed by atoms with Gasteiger partial charge in [0.2, 0.25) is 0 Å². The summed E-state index contributed by atoms with van der Waals surface area (Å²) in [7, 11) is 1.57. The normalized spacial score (nSPS) is 16.0. The van der Waals surface area contributed by atoms with Gasteiger partial charge >= 0.3 is 0 Å². The van der Waals surface area contributed by atoms with Crippen LogP contribution in [0.5, 0.6) is 5.75 Å². The molecule has 0 aliphatic carbocycles. The average Bonchev–Trinajstić information content (AvgIpc) is 3.17. The van der Waals surface area contributed by atoms with Gasteiger partial charge in [0, 0.05) is 57.4 Å². The van der Waals surface area contributed by atoms with E-state index >= 15 is 0 Å². The number of Topliss-reactive ketones (excluding diaryl/α,β-unsaturated/α-hetero) is 1. The van der Waals surface area contributed by atoms with Gasteiger partial charge in [-0.2, -0.15) is 0 Å². The van der Waals surface area contributed by atoms with E-state index in [4.69, 9.17) is 10.1 Å². The summed E-state index contributed by atoms with van der Waals surface area (Å²) in [6, 6.07) is 9.78. The van der Waals surface area contributed by atoms with E-state index in [2.05, 4.69) is 42.4 Å². The van der Waals surface area contributed by atoms with Crippen LogP contribution in [0.4, 0.5) is 0 Å². The van der Waals surface area contributed by atoms with Gasteiger partial charge in [-0.05, 0) is 53.3 Å². The standard InChI is InChI=1S/C29H39N5O3/c1-6-37-26-14-21-17-34(27(30)23(21)15-24(26)28(36)31-5)18-25(35)20-11-19(12-22(13-20)29(2,3)4)16-33-9-7-32-8-10-33/h11-15,30,32H,6-10,16-18H2,1-5H3,(H,31,36). The zero-order valence-electron chi connectivity index (χ0n) is 22.7. The number of fused-ring (bicyclic) bond motifs is 1. The topological polar surface area (TPSA) is 97.8 Å². The highest BCUT2D eigenvalue weighted by atomic mass is 16.5. The molecule has 0 unspecified atom stereocenters. The Bertz CT molecular complexity index is 1190. The van der Waals surface area contributed by atoms with Gasteiger partial charge in [0.25, 0.3) is 5.91 Å². The van der Waals surface area contributed by atoms with E-state index in [0.29, 0.717) is 35.6 Å². The highest BCUT2D eigenvalue weighted by Gasteiger charge is 2.29. The van der Waals surface area contributed by atoms with Crippen molar-refractivity contribution in [1.29, 1.82) is 5.41 Å². The van der Waals surface area contributed by atoms with E-state index in [1.54, 1.807) is 18.0 Å². The molecule has 0 radical (unpaired) electrons. The van der Waals surface area contributed by atoms with Crippen LogP contribution in [0.3, 0.4) is 0 Å². The second-order valence-corrected chi connectivity index (χ2v) is 10.8. The van der Waals surface area contributed by atoms with Crippen LogP contribution in [0.15, 0.2) is 30.3 Å². The van der Waals surface area contributed by atoms with Crippen molar-refractivity contribution in [3.63, 3.8) is 0 Å². The number of hydrogen-bond donors (Lipinski definition) is 3. The van der Waals surface area contributed by atoms with E-state index in [-0.39, 0.29) is 29.5 Å². The molecule has 2 aliphatic rings. The Morgan fingerprint density at radius 3 is 2.49 bits per heavy atom. The summed E-state index contributed by atoms with van der Waals surface area (Å²) in [4.78, 5) is 30.2. The molecule has 2 aromatic carbocycles. The maximum absolute atomic E-state index is 13.6. The first-order valence-electron chi connectivity index (χ1n) is 13.1. The molecule has 2 heterocycles. The van der Waals surface area contributed by atoms with Crippen LogP contribution in [0.1, 0.15) is 70.7 Å². The Hall–Kier alpha value is -3.23. The smallest absolute Gasteiger partial charge is 0.254 e. The number of hydrogen-bond acceptors (Lipinski definition) is 6. The number of amides is 1. The van der Waals surface area contributed by atoms with Crippen LogP contribution in [-0.4, -0.2) is 73.7 Å². The molecule has 1 amide bonds. The molecule has 3 N–H and O–H groups in total. The van der Waals surface area contributed by atoms with E-state index in [1.165, 1.54) is 0 Å². The Morgan fingerprint density at radius 1 is 1.11 bits per heavy atom. The quantitative estimate of drug-likeness (QED) is 0.477. The first kappa shape index (κ1) is 26.8. The highest BCUT2D eigenvalue weighted by Crippen LogP contribution is 2.31. The van der Waals surface area contributed by atoms with Crippen LogP contribution >= 0.6 is 0 Å². The van der Waals surface area contributed by atoms with E-state index in [9.17, 15) is 9.59 Å². The van der Waals surface area contributed by atoms with Crippen molar-refractivity contribution in [2.75, 3.05) is 46.4 Å². The number of benzene rings is 2. The zero-order valence-corrected chi connectivity index (χ0v) is 22.7. The molecule has 2 aliphatic heterocycles. The number of nitrogens with zero attached hydrogens (tertiary/aromatic N) is 2. The van der Waals surface area contributed by atoms with Gasteiger partial charge < -0.3 is 20.3 Å². The number of rotatable bonds is 8. The summed E-state index contributed by atoms with van der Waals surface area (Å²) in [5.74, 6) is 0.480. The fourth-order valence-corrected chi connectivity index (χ4v) is 4.92. The third-order valence-electron chi connectivity index (χ3n) is 7.04. The van der Waals surface area contributed by atoms with Crippen LogP contribution in [0, 0.1) is 5.41 Å². The molecule has 1 saturated heterocycles. The Balaban J connectivity index is 1.57. The molecule has 0 saturated carbocycles. The lowest BCUT2D eigenvalue weighted by atomic mass is 9.84. The first-order chi connectivity index (χ1) is 17.6. The Kier molecular flexibility index (Phi) is 7.99. The van der Waals surface area contributed by atoms with E-state index in [1.807, 2.05) is 25.1 Å². The minimum atomic E-state index is -0.260. The number of carbonyl (C=O) groups excluding carboxylic acids is 2. The van der Waals surface area contributed by atoms with Gasteiger partial charge in [-0.3, -0.25) is 19.9 Å². The molecule has 4 rings (SSSR count). The fraction of sp³-hybridized carbons (Fsp3) is 0.483. The van der Waals surface area contributed by atoms with Crippen molar-refractivity contribution in [3.8, 4) is 5.75 Å². The predicted octanol–water partition coefficient (Wildman–Crippen LogP) is 3.17. The van der Waals surface area contributed by atoms with Crippen LogP contribution in [-0.2, 0) is 18.5 Å². The summed E-state index contributed by atoms with van der Waals surface area (Å²) >= 11 is 0. The summed E-state index contributed by atoms with van der Waals surface area (Å²) in [5.41, 5.74) is 4.83. The van der Waals surface area contributed by atoms with Gasteiger partial charge in [0.05, 0.1) is 18.7 Å². The zero-order chi connectivity index (χ0) is 26.7. The molecular formula is C29H39N5O3. The molecule has 37 heavy (non-hydrogen) atoms. The van der Waals surface area contributed by atoms with Crippen molar-refractivity contribution < 1.29 is 14.3 Å². The lowest BCUT2D eigenvalue weighted by molar-refractivity contribution is 0.0953. The third-order valence-corrected chi connectivity index (χ3v) is 7.04. The van der Waals surface area contributed by atoms with Gasteiger partial charge in [-0.25, -0.2) is 0 Å². The predicted molar refractivity (Wildman–Crippen MR) is 146 cm³/mol. The average molecular weight is 506 g/mol. The Morgan fingerprint density at radius 2 is 1.84 bits per heavy atom. The number of carbonyl (C=O) groups is 2. The lowest BCUT2D eigenvalue weighted by Crippen LogP contribution is -2.42. The molecule has 198 valence electrons. The second kappa shape index (κ2) is 11.0. The first-order valence-corrected chi connectivity index (χ1v) is 13.1. The van der Waals surface area contributed by atoms with Crippen molar-refractivity contribution in [1.82, 2.24) is 20.4 Å². The molecule has 8 nitrogen and oxygen atoms in total. The molecule has 8 heteroatoms. The van der Waals surface area contributed by atoms with Crippen molar-refractivity contribution in [3.05, 3.63) is 63.7 Å². The number of nitrogens with one attached hydrogen (secondary N) is 3. The Labute approximate surface area is 219 Å². The molecule has 2 aromatic rings. The number of amidine groups is 1. The monoisotopic (exact) mass is 505 g/mol. The van der Waals surface area contributed by atoms with Crippen LogP contribution in [0.25, 0.3) is 0 Å². The number of ether oxygens (including phenoxy) is 1. The second-order valence-electron chi connectivity index (χ2n) is 10.8. The largest absolute Gasteiger partial charge is 0.493 e. The van der Waals surface area contributed by atoms with E-state index in [0.717, 1.165) is 49.4 Å². The van der Waals surface area contributed by atoms with Crippen LogP contribution < -0.4 is 15.4 Å². The minimum Gasteiger partial charge on any atom is -0.493 e. The van der Waals surface area contributed by atoms with Crippen molar-refractivity contribution in [2.45, 2.75) is 46.2 Å². The molecule has 0 spiro atoms. The molecular weight excluding hydrogens is 466 g/mol. The summed E-state index contributed by atoms with van der Waals surface area (Å²) in [5, 5.41) is 14.8. The maximum atomic E-state index is 13.6. The molecule has 0 bridgehead atoms. The van der Waals surface area contributed by atoms with E-state index < -0.39 is 0 Å². The van der Waals surface area contributed by atoms with Gasteiger partial charge in [0.15, 0.2) is 5.78 Å². The number of piperazine rings is 1. The summed E-state index contributed by atoms with van der Waals surface area (Å²) in [6.07, 6.45) is 0. The van der Waals surface area contributed by atoms with Gasteiger partial charge in [-0.15, -0.1) is 0 Å². The third kappa shape index (κ3) is 6.02. The summed E-state index contributed by atoms with van der Waals surface area (Å²) < 4.78 is 5.70. The lowest BCUT2D eigenvalue weighted by Gasteiger charge is -2.28. The summed E-state index contributed by atoms with van der Waals surface area (Å²) in [6.45, 7) is 14.1. The van der Waals surface area contributed by atoms with Crippen molar-refractivity contribution >= 4 is 17.5 Å².